The Morgan fingerprint density at radius 2 is 1.57 bits per heavy atom. The molecule has 4 aromatic rings. The van der Waals surface area contributed by atoms with Gasteiger partial charge in [0.2, 0.25) is 0 Å². The number of para-hydroxylation sites is 1. The van der Waals surface area contributed by atoms with Crippen molar-refractivity contribution in [1.82, 2.24) is 0 Å². The van der Waals surface area contributed by atoms with Crippen LogP contribution in [0.1, 0.15) is 6.42 Å². The maximum Gasteiger partial charge on any atom is 0.262 e. The van der Waals surface area contributed by atoms with Crippen molar-refractivity contribution in [3.63, 3.8) is 0 Å². The van der Waals surface area contributed by atoms with E-state index in [0.717, 1.165) is 22.8 Å². The third kappa shape index (κ3) is 2.93. The maximum absolute atomic E-state index is 12.9. The molecule has 3 aromatic carbocycles. The molecule has 2 heterocycles. The smallest absolute Gasteiger partial charge is 0.262 e. The van der Waals surface area contributed by atoms with Crippen LogP contribution in [0, 0.1) is 0 Å². The summed E-state index contributed by atoms with van der Waals surface area (Å²) >= 11 is 0. The Hall–Kier alpha value is -3.19. The van der Waals surface area contributed by atoms with Gasteiger partial charge in [0.1, 0.15) is 11.2 Å². The summed E-state index contributed by atoms with van der Waals surface area (Å²) in [6.07, 6.45) is 0.758. The van der Waals surface area contributed by atoms with Crippen molar-refractivity contribution in [2.45, 2.75) is 11.3 Å². The van der Waals surface area contributed by atoms with Gasteiger partial charge in [0.15, 0.2) is 11.5 Å². The van der Waals surface area contributed by atoms with Crippen LogP contribution in [-0.2, 0) is 10.0 Å². The van der Waals surface area contributed by atoms with Crippen LogP contribution >= 0.6 is 0 Å². The van der Waals surface area contributed by atoms with E-state index in [-0.39, 0.29) is 4.90 Å². The second-order valence-electron chi connectivity index (χ2n) is 6.57. The number of hydrogen-bond donors (Lipinski definition) is 1. The molecule has 5 rings (SSSR count). The van der Waals surface area contributed by atoms with Gasteiger partial charge in [0.25, 0.3) is 10.0 Å². The van der Waals surface area contributed by atoms with Crippen LogP contribution in [0.2, 0.25) is 0 Å². The van der Waals surface area contributed by atoms with Gasteiger partial charge in [-0.3, -0.25) is 4.72 Å². The first kappa shape index (κ1) is 16.9. The Morgan fingerprint density at radius 1 is 0.786 bits per heavy atom. The van der Waals surface area contributed by atoms with Crippen LogP contribution in [0.25, 0.3) is 21.9 Å². The molecule has 0 atom stereocenters. The molecule has 0 fully saturated rings. The predicted molar refractivity (Wildman–Crippen MR) is 107 cm³/mol. The lowest BCUT2D eigenvalue weighted by Gasteiger charge is -2.11. The minimum atomic E-state index is -3.78. The molecule has 142 valence electrons. The van der Waals surface area contributed by atoms with Crippen molar-refractivity contribution >= 4 is 37.6 Å². The molecule has 6 nitrogen and oxygen atoms in total. The summed E-state index contributed by atoms with van der Waals surface area (Å²) < 4.78 is 45.4. The zero-order chi connectivity index (χ0) is 19.1. The van der Waals surface area contributed by atoms with Gasteiger partial charge in [-0.1, -0.05) is 18.2 Å². The van der Waals surface area contributed by atoms with Gasteiger partial charge in [0, 0.05) is 28.9 Å². The first-order chi connectivity index (χ1) is 13.6. The summed E-state index contributed by atoms with van der Waals surface area (Å²) in [5, 5.41) is 1.79. The topological polar surface area (TPSA) is 77.8 Å². The van der Waals surface area contributed by atoms with E-state index >= 15 is 0 Å². The third-order valence-electron chi connectivity index (χ3n) is 4.66. The molecule has 0 saturated carbocycles. The van der Waals surface area contributed by atoms with Gasteiger partial charge in [-0.25, -0.2) is 8.42 Å². The van der Waals surface area contributed by atoms with Crippen molar-refractivity contribution in [2.24, 2.45) is 0 Å². The molecule has 0 aliphatic carbocycles. The summed E-state index contributed by atoms with van der Waals surface area (Å²) in [6, 6.07) is 17.5. The molecule has 0 unspecified atom stereocenters. The zero-order valence-electron chi connectivity index (χ0n) is 14.8. The number of furan rings is 1. The van der Waals surface area contributed by atoms with Gasteiger partial charge in [-0.15, -0.1) is 0 Å². The van der Waals surface area contributed by atoms with Crippen LogP contribution in [0.15, 0.2) is 70.0 Å². The monoisotopic (exact) mass is 395 g/mol. The highest BCUT2D eigenvalue weighted by atomic mass is 32.2. The number of sulfonamides is 1. The average Bonchev–Trinajstić information content (AvgIpc) is 2.89. The van der Waals surface area contributed by atoms with Crippen molar-refractivity contribution in [2.75, 3.05) is 17.9 Å². The summed E-state index contributed by atoms with van der Waals surface area (Å²) in [5.41, 5.74) is 1.94. The number of ether oxygens (including phenoxy) is 2. The molecule has 1 aliphatic rings. The Kier molecular flexibility index (Phi) is 3.91. The quantitative estimate of drug-likeness (QED) is 0.551. The molecular formula is C21H17NO5S. The fourth-order valence-electron chi connectivity index (χ4n) is 3.31. The number of hydrogen-bond acceptors (Lipinski definition) is 5. The van der Waals surface area contributed by atoms with Gasteiger partial charge >= 0.3 is 0 Å². The number of nitrogens with one attached hydrogen (secondary N) is 1. The highest BCUT2D eigenvalue weighted by Gasteiger charge is 2.19. The second kappa shape index (κ2) is 6.45. The molecule has 0 saturated heterocycles. The molecule has 0 amide bonds. The van der Waals surface area contributed by atoms with E-state index in [2.05, 4.69) is 4.72 Å². The molecule has 1 N–H and O–H groups in total. The molecule has 7 heteroatoms. The molecule has 0 radical (unpaired) electrons. The number of anilines is 1. The normalized spacial score (nSPS) is 14.1. The lowest BCUT2D eigenvalue weighted by Crippen LogP contribution is -2.13. The van der Waals surface area contributed by atoms with Crippen molar-refractivity contribution in [3.8, 4) is 11.5 Å². The second-order valence-corrected chi connectivity index (χ2v) is 8.26. The summed E-state index contributed by atoms with van der Waals surface area (Å²) in [7, 11) is -3.78. The zero-order valence-corrected chi connectivity index (χ0v) is 15.7. The number of benzene rings is 3. The minimum Gasteiger partial charge on any atom is -0.490 e. The van der Waals surface area contributed by atoms with Crippen LogP contribution in [-0.4, -0.2) is 21.6 Å². The fourth-order valence-corrected chi connectivity index (χ4v) is 4.38. The largest absolute Gasteiger partial charge is 0.490 e. The predicted octanol–water partition coefficient (Wildman–Crippen LogP) is 4.55. The Balaban J connectivity index is 1.51. The van der Waals surface area contributed by atoms with E-state index in [9.17, 15) is 8.42 Å². The van der Waals surface area contributed by atoms with Crippen molar-refractivity contribution in [3.05, 3.63) is 60.7 Å². The van der Waals surface area contributed by atoms with E-state index < -0.39 is 10.0 Å². The summed E-state index contributed by atoms with van der Waals surface area (Å²) in [5.74, 6) is 0.999. The molecule has 0 spiro atoms. The van der Waals surface area contributed by atoms with Crippen LogP contribution in [0.3, 0.4) is 0 Å². The molecule has 28 heavy (non-hydrogen) atoms. The molecule has 1 aliphatic heterocycles. The standard InChI is InChI=1S/C21H17NO5S/c23-28(24,15-7-9-20-21(13-15)26-11-3-10-25-20)22-14-6-8-19-17(12-14)16-4-1-2-5-18(16)27-19/h1-2,4-9,12-13,22H,3,10-11H2. The lowest BCUT2D eigenvalue weighted by molar-refractivity contribution is 0.297. The van der Waals surface area contributed by atoms with E-state index in [4.69, 9.17) is 13.9 Å². The average molecular weight is 395 g/mol. The fraction of sp³-hybridized carbons (Fsp3) is 0.143. The van der Waals surface area contributed by atoms with Crippen molar-refractivity contribution < 1.29 is 22.3 Å². The summed E-state index contributed by atoms with van der Waals surface area (Å²) in [6.45, 7) is 1.05. The van der Waals surface area contributed by atoms with Gasteiger partial charge in [-0.05, 0) is 36.4 Å². The van der Waals surface area contributed by atoms with E-state index in [1.54, 1.807) is 24.3 Å². The highest BCUT2D eigenvalue weighted by Crippen LogP contribution is 2.34. The lowest BCUT2D eigenvalue weighted by atomic mass is 10.1. The molecule has 0 bridgehead atoms. The summed E-state index contributed by atoms with van der Waals surface area (Å²) in [4.78, 5) is 0.119. The Morgan fingerprint density at radius 3 is 2.46 bits per heavy atom. The first-order valence-corrected chi connectivity index (χ1v) is 10.4. The van der Waals surface area contributed by atoms with E-state index in [0.29, 0.717) is 36.0 Å². The van der Waals surface area contributed by atoms with E-state index in [1.165, 1.54) is 12.1 Å². The number of fused-ring (bicyclic) bond motifs is 4. The number of rotatable bonds is 3. The minimum absolute atomic E-state index is 0.119. The Labute approximate surface area is 161 Å². The van der Waals surface area contributed by atoms with Crippen LogP contribution in [0.4, 0.5) is 5.69 Å². The van der Waals surface area contributed by atoms with Gasteiger partial charge in [0.05, 0.1) is 18.1 Å². The molecular weight excluding hydrogens is 378 g/mol. The Bertz CT molecular complexity index is 1290. The van der Waals surface area contributed by atoms with E-state index in [1.807, 2.05) is 24.3 Å². The van der Waals surface area contributed by atoms with Gasteiger partial charge < -0.3 is 13.9 Å². The maximum atomic E-state index is 12.9. The van der Waals surface area contributed by atoms with Gasteiger partial charge in [-0.2, -0.15) is 0 Å². The first-order valence-electron chi connectivity index (χ1n) is 8.94. The van der Waals surface area contributed by atoms with Crippen LogP contribution in [0.5, 0.6) is 11.5 Å². The SMILES string of the molecule is O=S(=O)(Nc1ccc2oc3ccccc3c2c1)c1ccc2c(c1)OCCCO2. The van der Waals surface area contributed by atoms with Crippen molar-refractivity contribution in [1.29, 1.82) is 0 Å². The third-order valence-corrected chi connectivity index (χ3v) is 6.04. The highest BCUT2D eigenvalue weighted by molar-refractivity contribution is 7.92. The van der Waals surface area contributed by atoms with Crippen LogP contribution < -0.4 is 14.2 Å². The molecule has 1 aromatic heterocycles.